The highest BCUT2D eigenvalue weighted by Gasteiger charge is 2.26. The average Bonchev–Trinajstić information content (AvgIpc) is 2.56. The Morgan fingerprint density at radius 2 is 1.87 bits per heavy atom. The first kappa shape index (κ1) is 16.5. The number of hydrogen-bond acceptors (Lipinski definition) is 3. The molecular weight excluding hydrogens is 284 g/mol. The molecule has 0 unspecified atom stereocenters. The van der Waals surface area contributed by atoms with Crippen LogP contribution < -0.4 is 4.90 Å². The summed E-state index contributed by atoms with van der Waals surface area (Å²) in [7, 11) is 0. The maximum Gasteiger partial charge on any atom is 0.0594 e. The van der Waals surface area contributed by atoms with E-state index in [0.29, 0.717) is 5.41 Å². The Balaban J connectivity index is 1.73. The number of benzene rings is 1. The summed E-state index contributed by atoms with van der Waals surface area (Å²) >= 11 is 0. The highest BCUT2D eigenvalue weighted by molar-refractivity contribution is 5.52. The quantitative estimate of drug-likeness (QED) is 0.819. The van der Waals surface area contributed by atoms with Gasteiger partial charge in [-0.1, -0.05) is 38.1 Å². The normalized spacial score (nSPS) is 21.7. The Bertz CT molecular complexity index is 518. The lowest BCUT2D eigenvalue weighted by Gasteiger charge is -2.38. The van der Waals surface area contributed by atoms with E-state index in [9.17, 15) is 0 Å². The Labute approximate surface area is 140 Å². The molecule has 0 aromatic heterocycles. The summed E-state index contributed by atoms with van der Waals surface area (Å²) in [6.07, 6.45) is 6.12. The second kappa shape index (κ2) is 7.50. The number of allylic oxidation sites excluding steroid dienone is 2. The summed E-state index contributed by atoms with van der Waals surface area (Å²) in [5, 5.41) is 0. The van der Waals surface area contributed by atoms with Crippen LogP contribution >= 0.6 is 0 Å². The predicted octanol–water partition coefficient (Wildman–Crippen LogP) is 3.92. The molecule has 3 rings (SSSR count). The third-order valence-corrected chi connectivity index (χ3v) is 5.02. The Morgan fingerprint density at radius 1 is 1.13 bits per heavy atom. The van der Waals surface area contributed by atoms with Gasteiger partial charge in [0.2, 0.25) is 0 Å². The average molecular weight is 314 g/mol. The van der Waals surface area contributed by atoms with Gasteiger partial charge in [-0.3, -0.25) is 4.90 Å². The molecule has 3 nitrogen and oxygen atoms in total. The minimum Gasteiger partial charge on any atom is -0.379 e. The largest absolute Gasteiger partial charge is 0.379 e. The van der Waals surface area contributed by atoms with E-state index in [-0.39, 0.29) is 0 Å². The molecule has 1 aromatic rings. The Morgan fingerprint density at radius 3 is 2.57 bits per heavy atom. The molecule has 1 aliphatic heterocycles. The van der Waals surface area contributed by atoms with E-state index in [4.69, 9.17) is 4.74 Å². The van der Waals surface area contributed by atoms with Crippen molar-refractivity contribution < 1.29 is 4.74 Å². The van der Waals surface area contributed by atoms with Gasteiger partial charge in [-0.25, -0.2) is 0 Å². The molecular formula is C20H30N2O. The van der Waals surface area contributed by atoms with Gasteiger partial charge in [0.1, 0.15) is 0 Å². The molecule has 0 radical (unpaired) electrons. The van der Waals surface area contributed by atoms with E-state index in [1.807, 2.05) is 0 Å². The molecule has 1 aromatic carbocycles. The number of nitrogens with zero attached hydrogens (tertiary/aromatic N) is 2. The molecule has 0 amide bonds. The van der Waals surface area contributed by atoms with Gasteiger partial charge in [0.15, 0.2) is 0 Å². The Hall–Kier alpha value is -1.32. The van der Waals surface area contributed by atoms with Gasteiger partial charge in [-0.2, -0.15) is 0 Å². The lowest BCUT2D eigenvalue weighted by molar-refractivity contribution is 0.0392. The van der Waals surface area contributed by atoms with E-state index in [1.54, 1.807) is 0 Å². The number of anilines is 1. The number of hydrogen-bond donors (Lipinski definition) is 0. The van der Waals surface area contributed by atoms with Crippen molar-refractivity contribution in [2.24, 2.45) is 5.41 Å². The molecule has 0 N–H and O–H groups in total. The van der Waals surface area contributed by atoms with Crippen molar-refractivity contribution in [3.8, 4) is 0 Å². The van der Waals surface area contributed by atoms with E-state index in [1.165, 1.54) is 30.6 Å². The van der Waals surface area contributed by atoms with Crippen molar-refractivity contribution in [3.05, 3.63) is 42.1 Å². The van der Waals surface area contributed by atoms with Gasteiger partial charge >= 0.3 is 0 Å². The van der Waals surface area contributed by atoms with Crippen LogP contribution in [0.1, 0.15) is 33.1 Å². The number of morpholine rings is 1. The van der Waals surface area contributed by atoms with Crippen LogP contribution in [0, 0.1) is 5.41 Å². The highest BCUT2D eigenvalue weighted by atomic mass is 16.5. The molecule has 126 valence electrons. The summed E-state index contributed by atoms with van der Waals surface area (Å²) in [6.45, 7) is 10.8. The smallest absolute Gasteiger partial charge is 0.0594 e. The van der Waals surface area contributed by atoms with Crippen LogP contribution in [-0.2, 0) is 4.74 Å². The van der Waals surface area contributed by atoms with E-state index in [2.05, 4.69) is 60.1 Å². The van der Waals surface area contributed by atoms with Crippen LogP contribution in [0.25, 0.3) is 0 Å². The first-order chi connectivity index (χ1) is 11.1. The monoisotopic (exact) mass is 314 g/mol. The minimum atomic E-state index is 0.413. The first-order valence-electron chi connectivity index (χ1n) is 8.96. The molecule has 0 atom stereocenters. The van der Waals surface area contributed by atoms with E-state index in [0.717, 1.165) is 39.4 Å². The third kappa shape index (κ3) is 4.58. The molecule has 0 bridgehead atoms. The zero-order valence-corrected chi connectivity index (χ0v) is 14.6. The second-order valence-electron chi connectivity index (χ2n) is 7.52. The molecule has 1 aliphatic carbocycles. The fourth-order valence-electron chi connectivity index (χ4n) is 3.60. The van der Waals surface area contributed by atoms with Crippen molar-refractivity contribution in [3.63, 3.8) is 0 Å². The molecule has 23 heavy (non-hydrogen) atoms. The number of ether oxygens (including phenoxy) is 1. The highest BCUT2D eigenvalue weighted by Crippen LogP contribution is 2.37. The standard InChI is InChI=1S/C20H30N2O/c1-20(2)10-6-9-19(17-20)22(18-7-4-3-5-8-18)12-11-21-13-15-23-16-14-21/h3-5,7-9H,6,10-17H2,1-2H3. The zero-order chi connectivity index (χ0) is 16.1. The maximum absolute atomic E-state index is 5.47. The summed E-state index contributed by atoms with van der Waals surface area (Å²) in [5.41, 5.74) is 3.24. The Kier molecular flexibility index (Phi) is 5.39. The van der Waals surface area contributed by atoms with Crippen LogP contribution in [0.5, 0.6) is 0 Å². The van der Waals surface area contributed by atoms with Gasteiger partial charge in [-0.15, -0.1) is 0 Å². The van der Waals surface area contributed by atoms with E-state index >= 15 is 0 Å². The van der Waals surface area contributed by atoms with Crippen molar-refractivity contribution in [1.29, 1.82) is 0 Å². The van der Waals surface area contributed by atoms with Gasteiger partial charge in [0.05, 0.1) is 13.2 Å². The van der Waals surface area contributed by atoms with Gasteiger partial charge < -0.3 is 9.64 Å². The summed E-state index contributed by atoms with van der Waals surface area (Å²) in [4.78, 5) is 5.06. The van der Waals surface area contributed by atoms with Crippen LogP contribution in [0.15, 0.2) is 42.1 Å². The van der Waals surface area contributed by atoms with Crippen LogP contribution in [0.3, 0.4) is 0 Å². The summed E-state index contributed by atoms with van der Waals surface area (Å²) in [5.74, 6) is 0. The third-order valence-electron chi connectivity index (χ3n) is 5.02. The molecule has 1 heterocycles. The molecule has 0 spiro atoms. The lowest BCUT2D eigenvalue weighted by Crippen LogP contribution is -2.42. The fourth-order valence-corrected chi connectivity index (χ4v) is 3.60. The fraction of sp³-hybridized carbons (Fsp3) is 0.600. The zero-order valence-electron chi connectivity index (χ0n) is 14.6. The number of para-hydroxylation sites is 1. The summed E-state index contributed by atoms with van der Waals surface area (Å²) in [6, 6.07) is 10.9. The molecule has 0 saturated carbocycles. The SMILES string of the molecule is CC1(C)CCC=C(N(CCN2CCOCC2)c2ccccc2)C1. The topological polar surface area (TPSA) is 15.7 Å². The van der Waals surface area contributed by atoms with Crippen molar-refractivity contribution in [2.45, 2.75) is 33.1 Å². The van der Waals surface area contributed by atoms with Crippen molar-refractivity contribution in [2.75, 3.05) is 44.3 Å². The van der Waals surface area contributed by atoms with Gasteiger partial charge in [-0.05, 0) is 36.8 Å². The van der Waals surface area contributed by atoms with Crippen molar-refractivity contribution in [1.82, 2.24) is 4.90 Å². The predicted molar refractivity (Wildman–Crippen MR) is 96.8 cm³/mol. The van der Waals surface area contributed by atoms with Gasteiger partial charge in [0.25, 0.3) is 0 Å². The van der Waals surface area contributed by atoms with Crippen LogP contribution in [0.2, 0.25) is 0 Å². The first-order valence-corrected chi connectivity index (χ1v) is 8.96. The molecule has 1 fully saturated rings. The number of rotatable bonds is 5. The molecule has 3 heteroatoms. The van der Waals surface area contributed by atoms with Gasteiger partial charge in [0, 0.05) is 37.6 Å². The molecule has 2 aliphatic rings. The minimum absolute atomic E-state index is 0.413. The van der Waals surface area contributed by atoms with Crippen molar-refractivity contribution >= 4 is 5.69 Å². The van der Waals surface area contributed by atoms with Crippen LogP contribution in [0.4, 0.5) is 5.69 Å². The summed E-state index contributed by atoms with van der Waals surface area (Å²) < 4.78 is 5.47. The van der Waals surface area contributed by atoms with E-state index < -0.39 is 0 Å². The van der Waals surface area contributed by atoms with Crippen LogP contribution in [-0.4, -0.2) is 44.3 Å². The second-order valence-corrected chi connectivity index (χ2v) is 7.52. The maximum atomic E-state index is 5.47. The molecule has 1 saturated heterocycles. The lowest BCUT2D eigenvalue weighted by atomic mass is 9.79.